The van der Waals surface area contributed by atoms with Gasteiger partial charge in [0, 0.05) is 21.8 Å². The number of amides is 1. The van der Waals surface area contributed by atoms with Crippen molar-refractivity contribution in [1.29, 1.82) is 0 Å². The minimum atomic E-state index is -0.184. The van der Waals surface area contributed by atoms with Gasteiger partial charge in [-0.05, 0) is 29.8 Å². The van der Waals surface area contributed by atoms with Gasteiger partial charge < -0.3 is 14.8 Å². The zero-order chi connectivity index (χ0) is 16.1. The first-order valence-corrected chi connectivity index (χ1v) is 7.25. The molecule has 0 unspecified atom stereocenters. The number of anilines is 1. The number of ether oxygens (including phenoxy) is 2. The molecule has 1 amide bonds. The SMILES string of the molecule is COc1ccc(NC(=O)Cc2ccc(Cl)cc2Cl)cc1OC. The molecular weight excluding hydrogens is 325 g/mol. The first-order chi connectivity index (χ1) is 10.5. The Morgan fingerprint density at radius 3 is 2.41 bits per heavy atom. The van der Waals surface area contributed by atoms with Crippen LogP contribution in [0.1, 0.15) is 5.56 Å². The number of halogens is 2. The Morgan fingerprint density at radius 2 is 1.77 bits per heavy atom. The first-order valence-electron chi connectivity index (χ1n) is 6.49. The molecule has 2 rings (SSSR count). The summed E-state index contributed by atoms with van der Waals surface area (Å²) >= 11 is 11.9. The van der Waals surface area contributed by atoms with Crippen molar-refractivity contribution in [2.24, 2.45) is 0 Å². The van der Waals surface area contributed by atoms with E-state index in [2.05, 4.69) is 5.32 Å². The van der Waals surface area contributed by atoms with Crippen molar-refractivity contribution in [3.8, 4) is 11.5 Å². The van der Waals surface area contributed by atoms with E-state index in [9.17, 15) is 4.79 Å². The van der Waals surface area contributed by atoms with E-state index in [1.165, 1.54) is 7.11 Å². The third kappa shape index (κ3) is 4.06. The highest BCUT2D eigenvalue weighted by Gasteiger charge is 2.10. The highest BCUT2D eigenvalue weighted by Crippen LogP contribution is 2.30. The van der Waals surface area contributed by atoms with Crippen LogP contribution >= 0.6 is 23.2 Å². The molecule has 2 aromatic rings. The minimum Gasteiger partial charge on any atom is -0.493 e. The predicted molar refractivity (Wildman–Crippen MR) is 88.3 cm³/mol. The summed E-state index contributed by atoms with van der Waals surface area (Å²) in [5.74, 6) is 0.961. The van der Waals surface area contributed by atoms with Crippen LogP contribution in [-0.4, -0.2) is 20.1 Å². The number of carbonyl (C=O) groups excluding carboxylic acids is 1. The van der Waals surface area contributed by atoms with E-state index in [4.69, 9.17) is 32.7 Å². The molecule has 0 radical (unpaired) electrons. The lowest BCUT2D eigenvalue weighted by molar-refractivity contribution is -0.115. The zero-order valence-electron chi connectivity index (χ0n) is 12.2. The fourth-order valence-electron chi connectivity index (χ4n) is 1.96. The average Bonchev–Trinajstić information content (AvgIpc) is 2.50. The van der Waals surface area contributed by atoms with Gasteiger partial charge in [-0.3, -0.25) is 4.79 Å². The van der Waals surface area contributed by atoms with Gasteiger partial charge in [0.05, 0.1) is 20.6 Å². The Hall–Kier alpha value is -1.91. The summed E-state index contributed by atoms with van der Waals surface area (Å²) < 4.78 is 10.3. The molecule has 0 spiro atoms. The monoisotopic (exact) mass is 339 g/mol. The van der Waals surface area contributed by atoms with Crippen LogP contribution in [0.3, 0.4) is 0 Å². The molecule has 1 N–H and O–H groups in total. The van der Waals surface area contributed by atoms with E-state index in [0.29, 0.717) is 32.8 Å². The molecule has 0 atom stereocenters. The lowest BCUT2D eigenvalue weighted by Crippen LogP contribution is -2.14. The highest BCUT2D eigenvalue weighted by atomic mass is 35.5. The van der Waals surface area contributed by atoms with Crippen LogP contribution in [0.4, 0.5) is 5.69 Å². The second kappa shape index (κ2) is 7.38. The maximum atomic E-state index is 12.1. The normalized spacial score (nSPS) is 10.2. The van der Waals surface area contributed by atoms with Gasteiger partial charge in [-0.1, -0.05) is 29.3 Å². The average molecular weight is 340 g/mol. The topological polar surface area (TPSA) is 47.6 Å². The molecule has 0 fully saturated rings. The molecule has 0 aliphatic carbocycles. The van der Waals surface area contributed by atoms with Crippen molar-refractivity contribution in [2.75, 3.05) is 19.5 Å². The third-order valence-corrected chi connectivity index (χ3v) is 3.62. The van der Waals surface area contributed by atoms with Gasteiger partial charge in [0.1, 0.15) is 0 Å². The lowest BCUT2D eigenvalue weighted by atomic mass is 10.1. The van der Waals surface area contributed by atoms with Crippen molar-refractivity contribution in [1.82, 2.24) is 0 Å². The number of hydrogen-bond acceptors (Lipinski definition) is 3. The molecule has 0 saturated carbocycles. The van der Waals surface area contributed by atoms with E-state index in [1.54, 1.807) is 43.5 Å². The Labute approximate surface area is 138 Å². The summed E-state index contributed by atoms with van der Waals surface area (Å²) in [6.45, 7) is 0. The molecule has 6 heteroatoms. The summed E-state index contributed by atoms with van der Waals surface area (Å²) in [6.07, 6.45) is 0.157. The number of hydrogen-bond donors (Lipinski definition) is 1. The van der Waals surface area contributed by atoms with Crippen molar-refractivity contribution in [3.63, 3.8) is 0 Å². The van der Waals surface area contributed by atoms with Crippen LogP contribution in [0.5, 0.6) is 11.5 Å². The zero-order valence-corrected chi connectivity index (χ0v) is 13.7. The summed E-state index contributed by atoms with van der Waals surface area (Å²) in [4.78, 5) is 12.1. The molecule has 4 nitrogen and oxygen atoms in total. The van der Waals surface area contributed by atoms with Crippen molar-refractivity contribution < 1.29 is 14.3 Å². The summed E-state index contributed by atoms with van der Waals surface area (Å²) in [5, 5.41) is 3.80. The fraction of sp³-hybridized carbons (Fsp3) is 0.188. The number of benzene rings is 2. The molecule has 0 aliphatic heterocycles. The Kier molecular flexibility index (Phi) is 5.52. The largest absolute Gasteiger partial charge is 0.493 e. The van der Waals surface area contributed by atoms with E-state index in [0.717, 1.165) is 0 Å². The van der Waals surface area contributed by atoms with Crippen LogP contribution in [0, 0.1) is 0 Å². The van der Waals surface area contributed by atoms with Crippen LogP contribution in [-0.2, 0) is 11.2 Å². The van der Waals surface area contributed by atoms with Gasteiger partial charge in [0.2, 0.25) is 5.91 Å². The van der Waals surface area contributed by atoms with Crippen molar-refractivity contribution in [2.45, 2.75) is 6.42 Å². The smallest absolute Gasteiger partial charge is 0.228 e. The van der Waals surface area contributed by atoms with Gasteiger partial charge in [-0.25, -0.2) is 0 Å². The van der Waals surface area contributed by atoms with E-state index in [-0.39, 0.29) is 12.3 Å². The quantitative estimate of drug-likeness (QED) is 0.888. The summed E-state index contributed by atoms with van der Waals surface area (Å²) in [5.41, 5.74) is 1.33. The second-order valence-electron chi connectivity index (χ2n) is 4.53. The predicted octanol–water partition coefficient (Wildman–Crippen LogP) is 4.19. The standard InChI is InChI=1S/C16H15Cl2NO3/c1-21-14-6-5-12(9-15(14)22-2)19-16(20)7-10-3-4-11(17)8-13(10)18/h3-6,8-9H,7H2,1-2H3,(H,19,20). The van der Waals surface area contributed by atoms with Crippen LogP contribution in [0.25, 0.3) is 0 Å². The third-order valence-electron chi connectivity index (χ3n) is 3.03. The van der Waals surface area contributed by atoms with E-state index >= 15 is 0 Å². The second-order valence-corrected chi connectivity index (χ2v) is 5.37. The van der Waals surface area contributed by atoms with Crippen LogP contribution < -0.4 is 14.8 Å². The van der Waals surface area contributed by atoms with Gasteiger partial charge >= 0.3 is 0 Å². The minimum absolute atomic E-state index is 0.157. The highest BCUT2D eigenvalue weighted by molar-refractivity contribution is 6.35. The molecule has 22 heavy (non-hydrogen) atoms. The Balaban J connectivity index is 2.08. The number of rotatable bonds is 5. The van der Waals surface area contributed by atoms with E-state index in [1.807, 2.05) is 0 Å². The van der Waals surface area contributed by atoms with Crippen molar-refractivity contribution >= 4 is 34.8 Å². The molecule has 0 heterocycles. The Morgan fingerprint density at radius 1 is 1.05 bits per heavy atom. The number of nitrogens with one attached hydrogen (secondary N) is 1. The first kappa shape index (κ1) is 16.5. The molecule has 2 aromatic carbocycles. The molecule has 0 bridgehead atoms. The van der Waals surface area contributed by atoms with Gasteiger partial charge in [-0.15, -0.1) is 0 Å². The molecule has 0 aliphatic rings. The maximum Gasteiger partial charge on any atom is 0.228 e. The fourth-order valence-corrected chi connectivity index (χ4v) is 2.43. The lowest BCUT2D eigenvalue weighted by Gasteiger charge is -2.11. The van der Waals surface area contributed by atoms with Crippen molar-refractivity contribution in [3.05, 3.63) is 52.0 Å². The van der Waals surface area contributed by atoms with Gasteiger partial charge in [0.15, 0.2) is 11.5 Å². The summed E-state index contributed by atoms with van der Waals surface area (Å²) in [7, 11) is 3.09. The molecule has 116 valence electrons. The van der Waals surface area contributed by atoms with E-state index < -0.39 is 0 Å². The molecule has 0 aromatic heterocycles. The number of methoxy groups -OCH3 is 2. The Bertz CT molecular complexity index is 689. The van der Waals surface area contributed by atoms with Crippen LogP contribution in [0.15, 0.2) is 36.4 Å². The maximum absolute atomic E-state index is 12.1. The number of carbonyl (C=O) groups is 1. The summed E-state index contributed by atoms with van der Waals surface area (Å²) in [6, 6.07) is 10.2. The molecular formula is C16H15Cl2NO3. The van der Waals surface area contributed by atoms with Gasteiger partial charge in [-0.2, -0.15) is 0 Å². The van der Waals surface area contributed by atoms with Gasteiger partial charge in [0.25, 0.3) is 0 Å². The van der Waals surface area contributed by atoms with Crippen LogP contribution in [0.2, 0.25) is 10.0 Å². The molecule has 0 saturated heterocycles.